The first kappa shape index (κ1) is 84.9. The van der Waals surface area contributed by atoms with Crippen LogP contribution in [0.4, 0.5) is 0 Å². The zero-order chi connectivity index (χ0) is 73.0. The van der Waals surface area contributed by atoms with Crippen molar-refractivity contribution in [2.45, 2.75) is 224 Å². The molecule has 0 aromatic rings. The molecule has 0 aromatic heterocycles. The van der Waals surface area contributed by atoms with Crippen molar-refractivity contribution >= 4 is 70.5 Å². The van der Waals surface area contributed by atoms with E-state index in [9.17, 15) is 33.9 Å². The average Bonchev–Trinajstić information content (AvgIpc) is 0.810. The van der Waals surface area contributed by atoms with E-state index in [0.717, 1.165) is 9.80 Å². The SMILES string of the molecule is C/C=C/C[C@@H](C)[C@@H](O)[C@H]1C(=O)N[C@@H](CC)C(=O)N(C)[C@H](C)C(=O)N(C)C([C@H](C)COCC(=O)N2CCNCC2)C(=O)C[C@@H](C(C)C)C(=O)N(C)[C@@H](CC(C)C)C(=O)C[C@@H](C)C(=O)C[C@H](C)C(=O)N(C)[C@@H](CC(C)C)C(=O)N(C)[C@@H](CC(C)C)C(=O)N(C)[C@@H](C(C)C)C(=O)N1C. The molecule has 9 amide bonds. The lowest BCUT2D eigenvalue weighted by molar-refractivity contribution is -0.157. The standard InChI is InChI=1S/C71H124N10O14/c1-25-27-28-46(13)63(86)62-64(87)73-52(26-2)68(91)74(18)50(17)66(89)79(23)61(49(16)39-95-40-59(85)81-31-29-72-30-32-81)58(84)38-51(44(9)10)67(90)75(19)53(33-41(3)4)57(83)36-47(14)56(82)37-48(15)65(88)76(20)54(34-42(5)6)69(92)77(21)55(35-43(7)8)70(93)78(22)60(45(11)12)71(94)80(62)24/h25,27,41-55,60-63,72,86H,26,28-40H2,1-24H3,(H,73,87)/b27-25+/t46-,47-,48+,49-,50-,51+,52+,53+,54+,55+,60+,61?,62+,63-/m1/s1. The van der Waals surface area contributed by atoms with E-state index >= 15 is 28.8 Å². The summed E-state index contributed by atoms with van der Waals surface area (Å²) >= 11 is 0. The molecule has 2 heterocycles. The minimum atomic E-state index is -1.64. The van der Waals surface area contributed by atoms with Crippen LogP contribution in [-0.2, 0) is 62.3 Å². The van der Waals surface area contributed by atoms with E-state index in [4.69, 9.17) is 4.74 Å². The van der Waals surface area contributed by atoms with Gasteiger partial charge in [-0.05, 0) is 81.5 Å². The molecule has 0 spiro atoms. The Morgan fingerprint density at radius 1 is 0.537 bits per heavy atom. The van der Waals surface area contributed by atoms with Crippen molar-refractivity contribution in [3.05, 3.63) is 12.2 Å². The summed E-state index contributed by atoms with van der Waals surface area (Å²) in [6.07, 6.45) is 1.96. The van der Waals surface area contributed by atoms with E-state index in [1.807, 2.05) is 41.5 Å². The number of ether oxygens (including phenoxy) is 1. The van der Waals surface area contributed by atoms with Gasteiger partial charge in [0.15, 0.2) is 11.6 Å². The van der Waals surface area contributed by atoms with Crippen LogP contribution in [0, 0.1) is 59.2 Å². The Labute approximate surface area is 569 Å². The van der Waals surface area contributed by atoms with Crippen LogP contribution < -0.4 is 10.6 Å². The molecular formula is C71H124N10O14. The molecule has 24 nitrogen and oxygen atoms in total. The first-order valence-electron chi connectivity index (χ1n) is 34.7. The van der Waals surface area contributed by atoms with Crippen LogP contribution >= 0.6 is 0 Å². The summed E-state index contributed by atoms with van der Waals surface area (Å²) in [5.74, 6) is -12.5. The fourth-order valence-corrected chi connectivity index (χ4v) is 13.0. The summed E-state index contributed by atoms with van der Waals surface area (Å²) in [6, 6.07) is -10.1. The van der Waals surface area contributed by atoms with Gasteiger partial charge in [-0.25, -0.2) is 0 Å². The Bertz CT molecular complexity index is 2640. The maximum absolute atomic E-state index is 15.3. The number of hydrogen-bond donors (Lipinski definition) is 3. The highest BCUT2D eigenvalue weighted by atomic mass is 16.5. The lowest BCUT2D eigenvalue weighted by Gasteiger charge is -2.41. The number of aliphatic hydroxyl groups excluding tert-OH is 1. The molecule has 1 unspecified atom stereocenters. The third-order valence-corrected chi connectivity index (χ3v) is 19.4. The van der Waals surface area contributed by atoms with E-state index in [1.54, 1.807) is 86.3 Å². The number of nitrogens with zero attached hydrogens (tertiary/aromatic N) is 8. The second-order valence-electron chi connectivity index (χ2n) is 29.4. The third kappa shape index (κ3) is 23.5. The third-order valence-electron chi connectivity index (χ3n) is 19.4. The van der Waals surface area contributed by atoms with E-state index in [1.165, 1.54) is 80.8 Å². The van der Waals surface area contributed by atoms with Gasteiger partial charge in [0.25, 0.3) is 0 Å². The summed E-state index contributed by atoms with van der Waals surface area (Å²) in [6.45, 7) is 31.6. The zero-order valence-electron chi connectivity index (χ0n) is 62.4. The number of amides is 9. The Kier molecular flexibility index (Phi) is 35.1. The van der Waals surface area contributed by atoms with Crippen molar-refractivity contribution in [2.75, 3.05) is 88.7 Å². The number of rotatable bonds is 18. The number of hydrogen-bond acceptors (Lipinski definition) is 15. The van der Waals surface area contributed by atoms with Gasteiger partial charge in [-0.1, -0.05) is 116 Å². The predicted octanol–water partition coefficient (Wildman–Crippen LogP) is 4.97. The Hall–Kier alpha value is -6.14. The average molecular weight is 1340 g/mol. The van der Waals surface area contributed by atoms with Gasteiger partial charge in [0.1, 0.15) is 48.6 Å². The van der Waals surface area contributed by atoms with Crippen LogP contribution in [0.2, 0.25) is 0 Å². The monoisotopic (exact) mass is 1340 g/mol. The van der Waals surface area contributed by atoms with E-state index < -0.39 is 161 Å². The number of likely N-dealkylation sites (N-methyl/N-ethyl adjacent to an activating group) is 7. The van der Waals surface area contributed by atoms with Crippen LogP contribution in [0.25, 0.3) is 0 Å². The fourth-order valence-electron chi connectivity index (χ4n) is 13.0. The van der Waals surface area contributed by atoms with Crippen molar-refractivity contribution in [2.24, 2.45) is 59.2 Å². The number of carbonyl (C=O) groups excluding carboxylic acids is 12. The number of carbonyl (C=O) groups is 12. The number of aliphatic hydroxyl groups is 1. The highest BCUT2D eigenvalue weighted by Gasteiger charge is 2.46. The first-order valence-corrected chi connectivity index (χ1v) is 34.7. The molecule has 0 bridgehead atoms. The van der Waals surface area contributed by atoms with Crippen LogP contribution in [0.3, 0.4) is 0 Å². The Morgan fingerprint density at radius 2 is 1.01 bits per heavy atom. The molecule has 542 valence electrons. The van der Waals surface area contributed by atoms with Crippen LogP contribution in [0.1, 0.15) is 169 Å². The van der Waals surface area contributed by atoms with Crippen molar-refractivity contribution in [1.29, 1.82) is 0 Å². The van der Waals surface area contributed by atoms with Crippen LogP contribution in [0.15, 0.2) is 12.2 Å². The van der Waals surface area contributed by atoms with Gasteiger partial charge in [-0.15, -0.1) is 0 Å². The lowest BCUT2D eigenvalue weighted by Crippen LogP contribution is -2.63. The molecule has 2 aliphatic rings. The summed E-state index contributed by atoms with van der Waals surface area (Å²) < 4.78 is 5.99. The van der Waals surface area contributed by atoms with Crippen LogP contribution in [-0.4, -0.2) is 258 Å². The van der Waals surface area contributed by atoms with Crippen molar-refractivity contribution in [3.8, 4) is 0 Å². The van der Waals surface area contributed by atoms with Gasteiger partial charge < -0.3 is 59.7 Å². The number of allylic oxidation sites excluding steroid dienone is 2. The van der Waals surface area contributed by atoms with Crippen molar-refractivity contribution in [1.82, 2.24) is 49.8 Å². The van der Waals surface area contributed by atoms with Gasteiger partial charge in [-0.2, -0.15) is 0 Å². The number of nitrogens with one attached hydrogen (secondary N) is 2. The van der Waals surface area contributed by atoms with Gasteiger partial charge >= 0.3 is 0 Å². The van der Waals surface area contributed by atoms with Gasteiger partial charge in [0.05, 0.1) is 24.8 Å². The van der Waals surface area contributed by atoms with Crippen LogP contribution in [0.5, 0.6) is 0 Å². The number of piperazine rings is 1. The number of Topliss-reactive ketones (excluding diaryl/α,β-unsaturated/α-hetero) is 3. The van der Waals surface area contributed by atoms with E-state index in [0.29, 0.717) is 32.6 Å². The molecule has 0 aromatic carbocycles. The molecule has 95 heavy (non-hydrogen) atoms. The van der Waals surface area contributed by atoms with E-state index in [-0.39, 0.29) is 81.2 Å². The molecule has 2 rings (SSSR count). The first-order chi connectivity index (χ1) is 44.1. The summed E-state index contributed by atoms with van der Waals surface area (Å²) in [4.78, 5) is 188. The lowest BCUT2D eigenvalue weighted by atomic mass is 9.83. The predicted molar refractivity (Wildman–Crippen MR) is 367 cm³/mol. The molecule has 2 saturated heterocycles. The van der Waals surface area contributed by atoms with Gasteiger partial charge in [0.2, 0.25) is 53.2 Å². The largest absolute Gasteiger partial charge is 0.390 e. The second kappa shape index (κ2) is 39.3. The quantitative estimate of drug-likeness (QED) is 0.153. The molecular weight excluding hydrogens is 1220 g/mol. The molecule has 0 saturated carbocycles. The summed E-state index contributed by atoms with van der Waals surface area (Å²) in [5.41, 5.74) is 0. The fraction of sp³-hybridized carbons (Fsp3) is 0.803. The van der Waals surface area contributed by atoms with Crippen molar-refractivity contribution < 1.29 is 67.4 Å². The smallest absolute Gasteiger partial charge is 0.248 e. The van der Waals surface area contributed by atoms with E-state index in [2.05, 4.69) is 10.6 Å². The van der Waals surface area contributed by atoms with Gasteiger partial charge in [0, 0.05) is 118 Å². The molecule has 0 radical (unpaired) electrons. The topological polar surface area (TPSA) is 284 Å². The molecule has 0 aliphatic carbocycles. The Morgan fingerprint density at radius 3 is 1.51 bits per heavy atom. The minimum absolute atomic E-state index is 0.0153. The molecule has 2 fully saturated rings. The molecule has 24 heteroatoms. The maximum Gasteiger partial charge on any atom is 0.248 e. The summed E-state index contributed by atoms with van der Waals surface area (Å²) in [7, 11) is 10.1. The second-order valence-corrected chi connectivity index (χ2v) is 29.4. The highest BCUT2D eigenvalue weighted by molar-refractivity contribution is 6.00. The van der Waals surface area contributed by atoms with Gasteiger partial charge in [-0.3, -0.25) is 57.5 Å². The zero-order valence-corrected chi connectivity index (χ0v) is 62.4. The van der Waals surface area contributed by atoms with Crippen molar-refractivity contribution in [3.63, 3.8) is 0 Å². The summed E-state index contributed by atoms with van der Waals surface area (Å²) in [5, 5.41) is 18.2. The normalized spacial score (nSPS) is 27.6. The molecule has 3 N–H and O–H groups in total. The molecule has 2 aliphatic heterocycles. The highest BCUT2D eigenvalue weighted by Crippen LogP contribution is 2.30. The minimum Gasteiger partial charge on any atom is -0.390 e. The maximum atomic E-state index is 15.3. The Balaban J connectivity index is 3.03. The number of ketones is 3. The molecule has 14 atom stereocenters.